The summed E-state index contributed by atoms with van der Waals surface area (Å²) < 4.78 is 99.3. The molecule has 0 amide bonds. The van der Waals surface area contributed by atoms with E-state index in [9.17, 15) is 30.7 Å². The van der Waals surface area contributed by atoms with Gasteiger partial charge in [-0.05, 0) is 37.5 Å². The lowest BCUT2D eigenvalue weighted by Crippen LogP contribution is -2.25. The SMILES string of the molecule is CC=CCCc1cc(F)c(C(F)(F)Oc2cc(F)c(F)c(F)c2)c(F)c1. The molecule has 2 aromatic rings. The molecule has 0 aliphatic heterocycles. The van der Waals surface area contributed by atoms with Crippen molar-refractivity contribution in [1.29, 1.82) is 0 Å². The Morgan fingerprint density at radius 1 is 0.885 bits per heavy atom. The van der Waals surface area contributed by atoms with Crippen molar-refractivity contribution in [2.75, 3.05) is 0 Å². The summed E-state index contributed by atoms with van der Waals surface area (Å²) >= 11 is 0. The van der Waals surface area contributed by atoms with E-state index in [2.05, 4.69) is 4.74 Å². The summed E-state index contributed by atoms with van der Waals surface area (Å²) in [6.45, 7) is 1.75. The third kappa shape index (κ3) is 4.36. The Kier molecular flexibility index (Phi) is 5.94. The van der Waals surface area contributed by atoms with Crippen LogP contribution in [0.4, 0.5) is 30.7 Å². The molecule has 0 spiro atoms. The van der Waals surface area contributed by atoms with E-state index in [0.29, 0.717) is 6.42 Å². The lowest BCUT2D eigenvalue weighted by Gasteiger charge is -2.20. The van der Waals surface area contributed by atoms with Crippen molar-refractivity contribution in [3.8, 4) is 5.75 Å². The normalized spacial score (nSPS) is 12.0. The van der Waals surface area contributed by atoms with Crippen LogP contribution in [0.5, 0.6) is 5.75 Å². The molecule has 0 aromatic heterocycles. The highest BCUT2D eigenvalue weighted by molar-refractivity contribution is 5.31. The first kappa shape index (κ1) is 19.8. The van der Waals surface area contributed by atoms with Crippen LogP contribution in [0.1, 0.15) is 24.5 Å². The number of alkyl halides is 2. The number of hydrogen-bond donors (Lipinski definition) is 0. The number of halogens is 7. The Morgan fingerprint density at radius 3 is 1.92 bits per heavy atom. The smallest absolute Gasteiger partial charge is 0.429 e. The van der Waals surface area contributed by atoms with Gasteiger partial charge in [-0.2, -0.15) is 8.78 Å². The number of rotatable bonds is 6. The van der Waals surface area contributed by atoms with Gasteiger partial charge in [0.2, 0.25) is 0 Å². The van der Waals surface area contributed by atoms with Crippen LogP contribution in [0, 0.1) is 29.1 Å². The molecule has 0 atom stereocenters. The molecule has 2 rings (SSSR count). The largest absolute Gasteiger partial charge is 0.432 e. The van der Waals surface area contributed by atoms with Crippen LogP contribution in [-0.4, -0.2) is 0 Å². The number of ether oxygens (including phenoxy) is 1. The summed E-state index contributed by atoms with van der Waals surface area (Å²) in [5.74, 6) is -9.72. The second-order valence-corrected chi connectivity index (χ2v) is 5.36. The fourth-order valence-electron chi connectivity index (χ4n) is 2.25. The van der Waals surface area contributed by atoms with E-state index < -0.39 is 46.5 Å². The summed E-state index contributed by atoms with van der Waals surface area (Å²) in [5, 5.41) is 0. The van der Waals surface area contributed by atoms with Gasteiger partial charge in [-0.1, -0.05) is 12.2 Å². The van der Waals surface area contributed by atoms with Crippen LogP contribution in [0.15, 0.2) is 36.4 Å². The number of benzene rings is 2. The molecule has 26 heavy (non-hydrogen) atoms. The predicted octanol–water partition coefficient (Wildman–Crippen LogP) is 6.02. The van der Waals surface area contributed by atoms with Crippen LogP contribution >= 0.6 is 0 Å². The maximum atomic E-state index is 14.1. The molecule has 2 aromatic carbocycles. The molecule has 0 aliphatic rings. The Bertz CT molecular complexity index is 784. The summed E-state index contributed by atoms with van der Waals surface area (Å²) in [6.07, 6.45) is -0.440. The topological polar surface area (TPSA) is 9.23 Å². The molecule has 0 aliphatic carbocycles. The van der Waals surface area contributed by atoms with E-state index >= 15 is 0 Å². The zero-order valence-electron chi connectivity index (χ0n) is 13.4. The van der Waals surface area contributed by atoms with Crippen LogP contribution in [0.25, 0.3) is 0 Å². The minimum absolute atomic E-state index is 0.146. The lowest BCUT2D eigenvalue weighted by molar-refractivity contribution is -0.189. The van der Waals surface area contributed by atoms with Crippen molar-refractivity contribution in [2.24, 2.45) is 0 Å². The minimum atomic E-state index is -4.58. The number of aryl methyl sites for hydroxylation is 1. The van der Waals surface area contributed by atoms with Gasteiger partial charge in [0.25, 0.3) is 0 Å². The van der Waals surface area contributed by atoms with E-state index in [0.717, 1.165) is 12.1 Å². The van der Waals surface area contributed by atoms with Crippen LogP contribution in [0.3, 0.4) is 0 Å². The summed E-state index contributed by atoms with van der Waals surface area (Å²) in [4.78, 5) is 0. The van der Waals surface area contributed by atoms with Gasteiger partial charge in [-0.3, -0.25) is 0 Å². The van der Waals surface area contributed by atoms with Crippen molar-refractivity contribution in [3.63, 3.8) is 0 Å². The summed E-state index contributed by atoms with van der Waals surface area (Å²) in [6, 6.07) is 1.75. The first-order chi connectivity index (χ1) is 12.2. The molecule has 0 bridgehead atoms. The van der Waals surface area contributed by atoms with Crippen molar-refractivity contribution in [3.05, 3.63) is 76.6 Å². The summed E-state index contributed by atoms with van der Waals surface area (Å²) in [7, 11) is 0. The Labute approximate surface area is 144 Å². The molecule has 0 N–H and O–H groups in total. The molecular formula is C18H13F7O. The third-order valence-electron chi connectivity index (χ3n) is 3.43. The number of allylic oxidation sites excluding steroid dienone is 2. The first-order valence-electron chi connectivity index (χ1n) is 7.46. The minimum Gasteiger partial charge on any atom is -0.429 e. The molecule has 0 saturated carbocycles. The van der Waals surface area contributed by atoms with Gasteiger partial charge in [0.05, 0.1) is 0 Å². The van der Waals surface area contributed by atoms with Gasteiger partial charge >= 0.3 is 6.11 Å². The van der Waals surface area contributed by atoms with E-state index in [1.54, 1.807) is 19.1 Å². The van der Waals surface area contributed by atoms with Gasteiger partial charge in [0.15, 0.2) is 17.5 Å². The average Bonchev–Trinajstić information content (AvgIpc) is 2.51. The fourth-order valence-corrected chi connectivity index (χ4v) is 2.25. The Balaban J connectivity index is 2.33. The van der Waals surface area contributed by atoms with Gasteiger partial charge in [-0.15, -0.1) is 0 Å². The second-order valence-electron chi connectivity index (χ2n) is 5.36. The standard InChI is InChI=1S/C18H13F7O/c1-2-3-4-5-10-6-12(19)16(13(20)7-10)18(24,25)26-11-8-14(21)17(23)15(22)9-11/h2-3,6-9H,4-5H2,1H3. The summed E-state index contributed by atoms with van der Waals surface area (Å²) in [5.41, 5.74) is -1.56. The first-order valence-corrected chi connectivity index (χ1v) is 7.46. The molecule has 0 heterocycles. The fraction of sp³-hybridized carbons (Fsp3) is 0.222. The zero-order valence-corrected chi connectivity index (χ0v) is 13.4. The molecular weight excluding hydrogens is 365 g/mol. The predicted molar refractivity (Wildman–Crippen MR) is 80.3 cm³/mol. The average molecular weight is 378 g/mol. The maximum absolute atomic E-state index is 14.1. The molecule has 1 nitrogen and oxygen atoms in total. The molecule has 0 radical (unpaired) electrons. The van der Waals surface area contributed by atoms with E-state index in [4.69, 9.17) is 0 Å². The van der Waals surface area contributed by atoms with Crippen molar-refractivity contribution >= 4 is 0 Å². The highest BCUT2D eigenvalue weighted by atomic mass is 19.3. The molecule has 0 unspecified atom stereocenters. The Morgan fingerprint density at radius 2 is 1.42 bits per heavy atom. The lowest BCUT2D eigenvalue weighted by atomic mass is 10.0. The Hall–Kier alpha value is -2.51. The number of hydrogen-bond acceptors (Lipinski definition) is 1. The zero-order chi connectivity index (χ0) is 19.5. The molecule has 0 saturated heterocycles. The molecule has 8 heteroatoms. The van der Waals surface area contributed by atoms with Crippen LogP contribution < -0.4 is 4.74 Å². The van der Waals surface area contributed by atoms with Crippen molar-refractivity contribution in [1.82, 2.24) is 0 Å². The second kappa shape index (κ2) is 7.80. The maximum Gasteiger partial charge on any atom is 0.432 e. The highest BCUT2D eigenvalue weighted by Gasteiger charge is 2.41. The molecule has 140 valence electrons. The highest BCUT2D eigenvalue weighted by Crippen LogP contribution is 2.36. The van der Waals surface area contributed by atoms with Gasteiger partial charge in [0, 0.05) is 12.1 Å². The van der Waals surface area contributed by atoms with E-state index in [1.165, 1.54) is 0 Å². The quantitative estimate of drug-likeness (QED) is 0.339. The van der Waals surface area contributed by atoms with Crippen molar-refractivity contribution in [2.45, 2.75) is 25.9 Å². The van der Waals surface area contributed by atoms with Gasteiger partial charge in [0.1, 0.15) is 22.9 Å². The van der Waals surface area contributed by atoms with E-state index in [-0.39, 0.29) is 24.1 Å². The van der Waals surface area contributed by atoms with Crippen LogP contribution in [-0.2, 0) is 12.5 Å². The van der Waals surface area contributed by atoms with Gasteiger partial charge < -0.3 is 4.74 Å². The molecule has 0 fully saturated rings. The third-order valence-corrected chi connectivity index (χ3v) is 3.43. The van der Waals surface area contributed by atoms with E-state index in [1.807, 2.05) is 0 Å². The monoisotopic (exact) mass is 378 g/mol. The van der Waals surface area contributed by atoms with Crippen LogP contribution in [0.2, 0.25) is 0 Å². The van der Waals surface area contributed by atoms with Crippen molar-refractivity contribution < 1.29 is 35.5 Å². The van der Waals surface area contributed by atoms with Gasteiger partial charge in [-0.25, -0.2) is 22.0 Å².